The maximum absolute atomic E-state index is 13.3. The summed E-state index contributed by atoms with van der Waals surface area (Å²) < 4.78 is 12.7. The van der Waals surface area contributed by atoms with Crippen LogP contribution in [-0.4, -0.2) is 18.8 Å². The van der Waals surface area contributed by atoms with Crippen molar-refractivity contribution in [2.45, 2.75) is 20.3 Å². The number of nitrogens with zero attached hydrogens (tertiary/aromatic N) is 1. The van der Waals surface area contributed by atoms with Crippen LogP contribution in [0.15, 0.2) is 41.3 Å². The van der Waals surface area contributed by atoms with Gasteiger partial charge in [-0.15, -0.1) is 0 Å². The van der Waals surface area contributed by atoms with Gasteiger partial charge in [-0.2, -0.15) is 0 Å². The van der Waals surface area contributed by atoms with Gasteiger partial charge in [0.05, 0.1) is 19.7 Å². The molecule has 1 aromatic heterocycles. The second-order valence-corrected chi connectivity index (χ2v) is 6.20. The van der Waals surface area contributed by atoms with E-state index in [9.17, 15) is 4.79 Å². The monoisotopic (exact) mass is 337 g/mol. The first-order chi connectivity index (χ1) is 12.0. The largest absolute Gasteiger partial charge is 0.497 e. The lowest BCUT2D eigenvalue weighted by Crippen LogP contribution is -2.13. The first-order valence-corrected chi connectivity index (χ1v) is 8.35. The third-order valence-corrected chi connectivity index (χ3v) is 4.69. The van der Waals surface area contributed by atoms with E-state index in [4.69, 9.17) is 9.47 Å². The first-order valence-electron chi connectivity index (χ1n) is 8.35. The van der Waals surface area contributed by atoms with Crippen LogP contribution in [0, 0.1) is 6.92 Å². The second-order valence-electron chi connectivity index (χ2n) is 6.20. The average molecular weight is 337 g/mol. The smallest absolute Gasteiger partial charge is 0.197 e. The van der Waals surface area contributed by atoms with Gasteiger partial charge < -0.3 is 14.0 Å². The summed E-state index contributed by atoms with van der Waals surface area (Å²) in [6.07, 6.45) is 2.67. The van der Waals surface area contributed by atoms with Gasteiger partial charge >= 0.3 is 0 Å². The number of rotatable bonds is 4. The summed E-state index contributed by atoms with van der Waals surface area (Å²) in [6, 6.07) is 9.66. The average Bonchev–Trinajstić information content (AvgIpc) is 2.63. The SMILES string of the molecule is CCc1cc(OC)cc2c1c(=O)c(-c1ccc(OC)cc1C)cn2C. The Hall–Kier alpha value is -2.75. The van der Waals surface area contributed by atoms with Gasteiger partial charge in [0, 0.05) is 30.3 Å². The van der Waals surface area contributed by atoms with E-state index in [2.05, 4.69) is 6.92 Å². The lowest BCUT2D eigenvalue weighted by Gasteiger charge is -2.15. The summed E-state index contributed by atoms with van der Waals surface area (Å²) in [5, 5.41) is 0.763. The summed E-state index contributed by atoms with van der Waals surface area (Å²) in [4.78, 5) is 13.3. The molecular formula is C21H23NO3. The molecule has 0 saturated carbocycles. The summed E-state index contributed by atoms with van der Waals surface area (Å²) in [6.45, 7) is 4.05. The van der Waals surface area contributed by atoms with E-state index in [1.54, 1.807) is 14.2 Å². The predicted octanol–water partition coefficient (Wildman–Crippen LogP) is 4.09. The molecule has 130 valence electrons. The van der Waals surface area contributed by atoms with Gasteiger partial charge in [-0.3, -0.25) is 4.79 Å². The lowest BCUT2D eigenvalue weighted by molar-refractivity contribution is 0.414. The normalized spacial score (nSPS) is 10.9. The summed E-state index contributed by atoms with van der Waals surface area (Å²) in [5.74, 6) is 1.56. The standard InChI is InChI=1S/C21H23NO3/c1-6-14-10-16(25-5)11-19-20(14)21(23)18(12-22(19)3)17-8-7-15(24-4)9-13(17)2/h7-12H,6H2,1-5H3. The zero-order valence-corrected chi connectivity index (χ0v) is 15.3. The number of pyridine rings is 1. The van der Waals surface area contributed by atoms with Crippen molar-refractivity contribution in [3.05, 3.63) is 57.9 Å². The molecule has 0 unspecified atom stereocenters. The highest BCUT2D eigenvalue weighted by Crippen LogP contribution is 2.29. The van der Waals surface area contributed by atoms with Gasteiger partial charge in [-0.1, -0.05) is 13.0 Å². The van der Waals surface area contributed by atoms with Crippen molar-refractivity contribution in [2.75, 3.05) is 14.2 Å². The molecule has 3 rings (SSSR count). The summed E-state index contributed by atoms with van der Waals surface area (Å²) >= 11 is 0. The number of hydrogen-bond acceptors (Lipinski definition) is 3. The van der Waals surface area contributed by atoms with E-state index in [-0.39, 0.29) is 5.43 Å². The van der Waals surface area contributed by atoms with Gasteiger partial charge in [-0.05, 0) is 48.2 Å². The molecule has 0 spiro atoms. The molecule has 0 bridgehead atoms. The Morgan fingerprint density at radius 1 is 1.00 bits per heavy atom. The first kappa shape index (κ1) is 17.1. The quantitative estimate of drug-likeness (QED) is 0.720. The van der Waals surface area contributed by atoms with Gasteiger partial charge in [0.2, 0.25) is 0 Å². The number of fused-ring (bicyclic) bond motifs is 1. The molecule has 4 nitrogen and oxygen atoms in total. The lowest BCUT2D eigenvalue weighted by atomic mass is 9.97. The van der Waals surface area contributed by atoms with Gasteiger partial charge in [0.25, 0.3) is 0 Å². The molecule has 0 amide bonds. The minimum Gasteiger partial charge on any atom is -0.497 e. The highest BCUT2D eigenvalue weighted by atomic mass is 16.5. The van der Waals surface area contributed by atoms with E-state index in [0.717, 1.165) is 45.5 Å². The van der Waals surface area contributed by atoms with Crippen LogP contribution in [0.5, 0.6) is 11.5 Å². The Morgan fingerprint density at radius 3 is 2.32 bits per heavy atom. The van der Waals surface area contributed by atoms with E-state index >= 15 is 0 Å². The number of aromatic nitrogens is 1. The van der Waals surface area contributed by atoms with Crippen LogP contribution in [-0.2, 0) is 13.5 Å². The third kappa shape index (κ3) is 2.88. The van der Waals surface area contributed by atoms with Crippen LogP contribution in [0.2, 0.25) is 0 Å². The topological polar surface area (TPSA) is 40.5 Å². The van der Waals surface area contributed by atoms with Crippen molar-refractivity contribution >= 4 is 10.9 Å². The van der Waals surface area contributed by atoms with Crippen LogP contribution >= 0.6 is 0 Å². The fourth-order valence-electron chi connectivity index (χ4n) is 3.31. The van der Waals surface area contributed by atoms with Crippen LogP contribution in [0.1, 0.15) is 18.1 Å². The number of methoxy groups -OCH3 is 2. The van der Waals surface area contributed by atoms with Crippen molar-refractivity contribution < 1.29 is 9.47 Å². The Balaban J connectivity index is 2.35. The van der Waals surface area contributed by atoms with E-state index in [1.165, 1.54) is 0 Å². The molecule has 3 aromatic rings. The molecule has 2 aromatic carbocycles. The number of ether oxygens (including phenoxy) is 2. The molecule has 0 atom stereocenters. The molecule has 1 heterocycles. The zero-order chi connectivity index (χ0) is 18.1. The highest BCUT2D eigenvalue weighted by Gasteiger charge is 2.15. The minimum absolute atomic E-state index is 0.0564. The Bertz CT molecular complexity index is 1000. The van der Waals surface area contributed by atoms with E-state index < -0.39 is 0 Å². The maximum atomic E-state index is 13.3. The zero-order valence-electron chi connectivity index (χ0n) is 15.3. The van der Waals surface area contributed by atoms with Crippen LogP contribution in [0.3, 0.4) is 0 Å². The Kier molecular flexibility index (Phi) is 4.53. The maximum Gasteiger partial charge on any atom is 0.197 e. The Labute approximate surface area is 147 Å². The molecule has 0 aliphatic carbocycles. The van der Waals surface area contributed by atoms with Crippen molar-refractivity contribution in [1.29, 1.82) is 0 Å². The molecule has 4 heteroatoms. The van der Waals surface area contributed by atoms with Crippen LogP contribution < -0.4 is 14.9 Å². The molecule has 25 heavy (non-hydrogen) atoms. The number of aryl methyl sites for hydroxylation is 3. The van der Waals surface area contributed by atoms with Gasteiger partial charge in [0.1, 0.15) is 11.5 Å². The molecule has 0 radical (unpaired) electrons. The third-order valence-electron chi connectivity index (χ3n) is 4.69. The minimum atomic E-state index is 0.0564. The summed E-state index contributed by atoms with van der Waals surface area (Å²) in [5.41, 5.74) is 4.60. The van der Waals surface area contributed by atoms with Crippen molar-refractivity contribution in [3.8, 4) is 22.6 Å². The number of benzene rings is 2. The summed E-state index contributed by atoms with van der Waals surface area (Å²) in [7, 11) is 5.25. The predicted molar refractivity (Wildman–Crippen MR) is 102 cm³/mol. The highest BCUT2D eigenvalue weighted by molar-refractivity contribution is 5.88. The molecule has 0 N–H and O–H groups in total. The molecular weight excluding hydrogens is 314 g/mol. The van der Waals surface area contributed by atoms with Gasteiger partial charge in [-0.25, -0.2) is 0 Å². The van der Waals surface area contributed by atoms with Crippen molar-refractivity contribution in [3.63, 3.8) is 0 Å². The van der Waals surface area contributed by atoms with E-state index in [0.29, 0.717) is 5.56 Å². The van der Waals surface area contributed by atoms with Crippen molar-refractivity contribution in [2.24, 2.45) is 7.05 Å². The van der Waals surface area contributed by atoms with Crippen molar-refractivity contribution in [1.82, 2.24) is 4.57 Å². The van der Waals surface area contributed by atoms with Crippen LogP contribution in [0.4, 0.5) is 0 Å². The molecule has 0 aliphatic heterocycles. The number of hydrogen-bond donors (Lipinski definition) is 0. The molecule has 0 aliphatic rings. The molecule has 0 fully saturated rings. The second kappa shape index (κ2) is 6.63. The fourth-order valence-corrected chi connectivity index (χ4v) is 3.31. The van der Waals surface area contributed by atoms with E-state index in [1.807, 2.05) is 55.1 Å². The fraction of sp³-hybridized carbons (Fsp3) is 0.286. The Morgan fingerprint density at radius 2 is 1.72 bits per heavy atom. The van der Waals surface area contributed by atoms with Crippen LogP contribution in [0.25, 0.3) is 22.0 Å². The van der Waals surface area contributed by atoms with Gasteiger partial charge in [0.15, 0.2) is 5.43 Å². The molecule has 0 saturated heterocycles.